The Labute approximate surface area is 244 Å². The van der Waals surface area contributed by atoms with E-state index >= 15 is 0 Å². The van der Waals surface area contributed by atoms with Gasteiger partial charge in [0.1, 0.15) is 11.2 Å². The highest BCUT2D eigenvalue weighted by Crippen LogP contribution is 2.48. The fourth-order valence-electron chi connectivity index (χ4n) is 7.68. The number of rotatable bonds is 1. The van der Waals surface area contributed by atoms with Gasteiger partial charge in [0, 0.05) is 43.1 Å². The normalized spacial score (nSPS) is 12.7. The highest BCUT2D eigenvalue weighted by molar-refractivity contribution is 6.32. The molecule has 4 aromatic heterocycles. The van der Waals surface area contributed by atoms with E-state index in [4.69, 9.17) is 8.83 Å². The fourth-order valence-corrected chi connectivity index (χ4v) is 7.68. The Bertz CT molecular complexity index is 2790. The summed E-state index contributed by atoms with van der Waals surface area (Å²) in [6.45, 7) is 0. The van der Waals surface area contributed by atoms with Crippen molar-refractivity contribution < 1.29 is 8.83 Å². The summed E-state index contributed by atoms with van der Waals surface area (Å²) in [4.78, 5) is 0. The fraction of sp³-hybridized carbons (Fsp3) is 0. The lowest BCUT2D eigenvalue weighted by molar-refractivity contribution is 0.670. The predicted octanol–water partition coefficient (Wildman–Crippen LogP) is 11.5. The maximum absolute atomic E-state index is 6.67. The van der Waals surface area contributed by atoms with Gasteiger partial charge in [-0.25, -0.2) is 0 Å². The summed E-state index contributed by atoms with van der Waals surface area (Å²) >= 11 is 0. The Kier molecular flexibility index (Phi) is 3.83. The smallest absolute Gasteiger partial charge is 0.160 e. The topological polar surface area (TPSA) is 30.7 Å². The minimum absolute atomic E-state index is 0.903. The van der Waals surface area contributed by atoms with Crippen molar-refractivity contribution in [2.75, 3.05) is 0 Å². The maximum Gasteiger partial charge on any atom is 0.160 e. The molecule has 0 bridgehead atoms. The van der Waals surface area contributed by atoms with Gasteiger partial charge in [0.25, 0.3) is 0 Å². The van der Waals surface area contributed by atoms with Gasteiger partial charge >= 0.3 is 0 Å². The number of fused-ring (bicyclic) bond motifs is 15. The summed E-state index contributed by atoms with van der Waals surface area (Å²) in [5.41, 5.74) is 9.45. The molecule has 0 saturated carbocycles. The van der Waals surface area contributed by atoms with Crippen molar-refractivity contribution in [2.24, 2.45) is 0 Å². The van der Waals surface area contributed by atoms with Crippen LogP contribution in [0.5, 0.6) is 0 Å². The van der Waals surface area contributed by atoms with E-state index in [0.29, 0.717) is 0 Å². The summed E-state index contributed by atoms with van der Waals surface area (Å²) in [7, 11) is 0. The molecule has 11 aromatic rings. The molecule has 0 aliphatic rings. The van der Waals surface area contributed by atoms with Crippen LogP contribution in [-0.4, -0.2) is 4.40 Å². The lowest BCUT2D eigenvalue weighted by atomic mass is 9.95. The van der Waals surface area contributed by atoms with E-state index in [-0.39, 0.29) is 0 Å². The van der Waals surface area contributed by atoms with Crippen molar-refractivity contribution in [3.63, 3.8) is 0 Å². The second kappa shape index (κ2) is 7.53. The zero-order valence-corrected chi connectivity index (χ0v) is 22.9. The third-order valence-corrected chi connectivity index (χ3v) is 9.50. The molecule has 0 radical (unpaired) electrons. The van der Waals surface area contributed by atoms with Crippen molar-refractivity contribution in [3.05, 3.63) is 127 Å². The average molecular weight is 548 g/mol. The highest BCUT2D eigenvalue weighted by atomic mass is 16.3. The minimum atomic E-state index is 0.903. The van der Waals surface area contributed by atoms with Gasteiger partial charge in [0.2, 0.25) is 0 Å². The molecule has 0 aliphatic heterocycles. The van der Waals surface area contributed by atoms with Gasteiger partial charge in [-0.1, -0.05) is 91.0 Å². The van der Waals surface area contributed by atoms with E-state index in [0.717, 1.165) is 54.9 Å². The second-order valence-corrected chi connectivity index (χ2v) is 11.7. The summed E-state index contributed by atoms with van der Waals surface area (Å²) in [6, 6.07) is 45.6. The van der Waals surface area contributed by atoms with Crippen LogP contribution in [0.25, 0.3) is 104 Å². The SMILES string of the molecule is c1ccc2c(-c3cc4c5ccc6c7ccccc7oc6c5n5c4c(c3)c3ccc4c6ccccc6oc4c35)cccc2c1. The lowest BCUT2D eigenvalue weighted by Gasteiger charge is -2.08. The molecule has 43 heavy (non-hydrogen) atoms. The van der Waals surface area contributed by atoms with Crippen LogP contribution >= 0.6 is 0 Å². The molecule has 0 saturated heterocycles. The van der Waals surface area contributed by atoms with Crippen LogP contribution in [0.2, 0.25) is 0 Å². The number of benzene rings is 7. The molecular weight excluding hydrogens is 526 g/mol. The number of aromatic nitrogens is 1. The molecule has 7 aromatic carbocycles. The highest BCUT2D eigenvalue weighted by Gasteiger charge is 2.25. The van der Waals surface area contributed by atoms with Crippen LogP contribution in [-0.2, 0) is 0 Å². The van der Waals surface area contributed by atoms with Gasteiger partial charge in [-0.2, -0.15) is 0 Å². The van der Waals surface area contributed by atoms with Gasteiger partial charge < -0.3 is 13.2 Å². The summed E-state index contributed by atoms with van der Waals surface area (Å²) in [5, 5.41) is 11.8. The summed E-state index contributed by atoms with van der Waals surface area (Å²) in [6.07, 6.45) is 0. The van der Waals surface area contributed by atoms with Crippen LogP contribution in [0, 0.1) is 0 Å². The molecular formula is C40H21NO2. The average Bonchev–Trinajstić information content (AvgIpc) is 3.80. The first-order chi connectivity index (χ1) is 21.3. The Balaban J connectivity index is 1.42. The molecule has 0 N–H and O–H groups in total. The third-order valence-electron chi connectivity index (χ3n) is 9.50. The number of para-hydroxylation sites is 2. The molecule has 0 amide bonds. The maximum atomic E-state index is 6.67. The van der Waals surface area contributed by atoms with E-state index in [9.17, 15) is 0 Å². The second-order valence-electron chi connectivity index (χ2n) is 11.7. The van der Waals surface area contributed by atoms with E-state index < -0.39 is 0 Å². The van der Waals surface area contributed by atoms with Gasteiger partial charge in [-0.05, 0) is 58.3 Å². The molecule has 0 aliphatic carbocycles. The van der Waals surface area contributed by atoms with Crippen molar-refractivity contribution in [2.45, 2.75) is 0 Å². The summed E-state index contributed by atoms with van der Waals surface area (Å²) < 4.78 is 15.8. The van der Waals surface area contributed by atoms with Crippen molar-refractivity contribution >= 4 is 92.7 Å². The van der Waals surface area contributed by atoms with Gasteiger partial charge in [0.05, 0.1) is 16.6 Å². The van der Waals surface area contributed by atoms with Crippen molar-refractivity contribution in [1.29, 1.82) is 0 Å². The number of furan rings is 2. The zero-order valence-electron chi connectivity index (χ0n) is 22.9. The van der Waals surface area contributed by atoms with Crippen LogP contribution in [0.1, 0.15) is 0 Å². The Hall–Kier alpha value is -5.80. The van der Waals surface area contributed by atoms with Crippen LogP contribution < -0.4 is 0 Å². The van der Waals surface area contributed by atoms with E-state index in [1.54, 1.807) is 0 Å². The molecule has 0 fully saturated rings. The van der Waals surface area contributed by atoms with Gasteiger partial charge in [-0.15, -0.1) is 0 Å². The quantitative estimate of drug-likeness (QED) is 0.205. The summed E-state index contributed by atoms with van der Waals surface area (Å²) in [5.74, 6) is 0. The molecule has 0 atom stereocenters. The van der Waals surface area contributed by atoms with E-state index in [2.05, 4.69) is 120 Å². The molecule has 198 valence electrons. The Morgan fingerprint density at radius 1 is 0.372 bits per heavy atom. The molecule has 0 spiro atoms. The minimum Gasteiger partial charge on any atom is -0.454 e. The Morgan fingerprint density at radius 3 is 1.51 bits per heavy atom. The standard InChI is InChI=1S/C40H21NO2/c1-2-10-24-22(8-1)9-7-13-25(24)23-20-32-28-16-18-30-26-11-3-5-14-34(26)42-39(30)37(28)41-36(32)33(21-23)29-17-19-31-27-12-4-6-15-35(27)43-40(31)38(29)41/h1-21H. The molecule has 0 unspecified atom stereocenters. The third kappa shape index (κ3) is 2.62. The van der Waals surface area contributed by atoms with E-state index in [1.807, 2.05) is 12.1 Å². The van der Waals surface area contributed by atoms with Crippen molar-refractivity contribution in [3.8, 4) is 11.1 Å². The monoisotopic (exact) mass is 547 g/mol. The van der Waals surface area contributed by atoms with Crippen LogP contribution in [0.3, 0.4) is 0 Å². The number of nitrogens with zero attached hydrogens (tertiary/aromatic N) is 1. The lowest BCUT2D eigenvalue weighted by Crippen LogP contribution is -1.82. The van der Waals surface area contributed by atoms with Crippen molar-refractivity contribution in [1.82, 2.24) is 4.40 Å². The largest absolute Gasteiger partial charge is 0.454 e. The number of hydrogen-bond donors (Lipinski definition) is 0. The van der Waals surface area contributed by atoms with Gasteiger partial charge in [-0.3, -0.25) is 0 Å². The first-order valence-electron chi connectivity index (χ1n) is 14.7. The van der Waals surface area contributed by atoms with Gasteiger partial charge in [0.15, 0.2) is 11.2 Å². The molecule has 11 rings (SSSR count). The molecule has 3 nitrogen and oxygen atoms in total. The predicted molar refractivity (Wildman–Crippen MR) is 179 cm³/mol. The molecule has 4 heterocycles. The van der Waals surface area contributed by atoms with Crippen LogP contribution in [0.15, 0.2) is 136 Å². The Morgan fingerprint density at radius 2 is 0.884 bits per heavy atom. The number of hydrogen-bond acceptors (Lipinski definition) is 2. The molecule has 3 heteroatoms. The first kappa shape index (κ1) is 21.9. The van der Waals surface area contributed by atoms with Crippen LogP contribution in [0.4, 0.5) is 0 Å². The zero-order chi connectivity index (χ0) is 27.8. The first-order valence-corrected chi connectivity index (χ1v) is 14.7. The van der Waals surface area contributed by atoms with E-state index in [1.165, 1.54) is 49.0 Å².